The fourth-order valence-corrected chi connectivity index (χ4v) is 1.74. The summed E-state index contributed by atoms with van der Waals surface area (Å²) in [5.74, 6) is -1.21. The molecule has 0 heterocycles. The van der Waals surface area contributed by atoms with Gasteiger partial charge in [-0.2, -0.15) is 0 Å². The third-order valence-electron chi connectivity index (χ3n) is 1.42. The molecule has 0 saturated carbocycles. The summed E-state index contributed by atoms with van der Waals surface area (Å²) in [6, 6.07) is 0. The van der Waals surface area contributed by atoms with E-state index in [2.05, 4.69) is 9.46 Å². The van der Waals surface area contributed by atoms with Crippen molar-refractivity contribution in [2.45, 2.75) is 20.3 Å². The summed E-state index contributed by atoms with van der Waals surface area (Å²) in [5, 5.41) is 0. The first-order valence-electron chi connectivity index (χ1n) is 4.49. The van der Waals surface area contributed by atoms with Gasteiger partial charge in [0.05, 0.1) is 25.3 Å². The van der Waals surface area contributed by atoms with Crippen molar-refractivity contribution in [2.24, 2.45) is 0 Å². The van der Waals surface area contributed by atoms with Crippen molar-refractivity contribution >= 4 is 21.8 Å². The number of esters is 1. The summed E-state index contributed by atoms with van der Waals surface area (Å²) in [6.07, 6.45) is -0.207. The topological polar surface area (TPSA) is 89.5 Å². The first-order valence-corrected chi connectivity index (χ1v) is 6.15. The van der Waals surface area contributed by atoms with E-state index in [1.54, 1.807) is 6.92 Å². The van der Waals surface area contributed by atoms with E-state index in [-0.39, 0.29) is 31.1 Å². The zero-order valence-corrected chi connectivity index (χ0v) is 9.59. The van der Waals surface area contributed by atoms with Gasteiger partial charge in [-0.25, -0.2) is 13.1 Å². The highest BCUT2D eigenvalue weighted by Gasteiger charge is 2.13. The number of Topliss-reactive ketones (excluding diaryl/α,β-unsaturated/α-hetero) is 1. The van der Waals surface area contributed by atoms with Crippen molar-refractivity contribution in [1.29, 1.82) is 0 Å². The van der Waals surface area contributed by atoms with Crippen LogP contribution in [0.15, 0.2) is 0 Å². The van der Waals surface area contributed by atoms with Crippen LogP contribution in [0.2, 0.25) is 0 Å². The molecular weight excluding hydrogens is 222 g/mol. The van der Waals surface area contributed by atoms with Gasteiger partial charge < -0.3 is 4.74 Å². The number of sulfonamides is 1. The number of rotatable bonds is 7. The first kappa shape index (κ1) is 14.1. The van der Waals surface area contributed by atoms with E-state index in [1.165, 1.54) is 6.92 Å². The minimum Gasteiger partial charge on any atom is -0.466 e. The van der Waals surface area contributed by atoms with Crippen LogP contribution in [0, 0.1) is 0 Å². The number of carbonyl (C=O) groups excluding carboxylic acids is 2. The van der Waals surface area contributed by atoms with Crippen molar-refractivity contribution < 1.29 is 22.7 Å². The first-order chi connectivity index (χ1) is 6.87. The highest BCUT2D eigenvalue weighted by molar-refractivity contribution is 7.89. The summed E-state index contributed by atoms with van der Waals surface area (Å²) in [4.78, 5) is 21.4. The van der Waals surface area contributed by atoms with Crippen LogP contribution in [0.3, 0.4) is 0 Å². The molecule has 0 aliphatic carbocycles. The van der Waals surface area contributed by atoms with Crippen LogP contribution in [0.4, 0.5) is 0 Å². The maximum Gasteiger partial charge on any atom is 0.306 e. The predicted molar refractivity (Wildman–Crippen MR) is 53.7 cm³/mol. The molecule has 0 saturated heterocycles. The molecule has 0 amide bonds. The van der Waals surface area contributed by atoms with Crippen LogP contribution in [0.25, 0.3) is 0 Å². The van der Waals surface area contributed by atoms with Gasteiger partial charge in [-0.05, 0) is 13.8 Å². The highest BCUT2D eigenvalue weighted by Crippen LogP contribution is 1.92. The van der Waals surface area contributed by atoms with Crippen LogP contribution in [0.1, 0.15) is 20.3 Å². The Bertz CT molecular complexity index is 322. The van der Waals surface area contributed by atoms with Gasteiger partial charge in [0.15, 0.2) is 0 Å². The molecule has 0 fully saturated rings. The van der Waals surface area contributed by atoms with Crippen molar-refractivity contribution in [3.8, 4) is 0 Å². The van der Waals surface area contributed by atoms with Crippen LogP contribution < -0.4 is 4.72 Å². The van der Waals surface area contributed by atoms with Crippen LogP contribution in [0.5, 0.6) is 0 Å². The van der Waals surface area contributed by atoms with Crippen LogP contribution >= 0.6 is 0 Å². The van der Waals surface area contributed by atoms with E-state index in [0.717, 1.165) is 0 Å². The Hall–Kier alpha value is -0.950. The van der Waals surface area contributed by atoms with Crippen molar-refractivity contribution in [1.82, 2.24) is 4.72 Å². The van der Waals surface area contributed by atoms with Gasteiger partial charge in [-0.1, -0.05) is 0 Å². The molecule has 1 N–H and O–H groups in total. The maximum atomic E-state index is 11.2. The van der Waals surface area contributed by atoms with Gasteiger partial charge in [0.2, 0.25) is 10.0 Å². The Kier molecular flexibility index (Phi) is 6.11. The summed E-state index contributed by atoms with van der Waals surface area (Å²) in [6.45, 7) is 2.89. The third-order valence-corrected chi connectivity index (χ3v) is 2.75. The predicted octanol–water partition coefficient (Wildman–Crippen LogP) is -0.552. The largest absolute Gasteiger partial charge is 0.466 e. The van der Waals surface area contributed by atoms with Crippen molar-refractivity contribution in [3.05, 3.63) is 0 Å². The number of carbonyl (C=O) groups is 2. The lowest BCUT2D eigenvalue weighted by Gasteiger charge is -2.04. The van der Waals surface area contributed by atoms with E-state index in [4.69, 9.17) is 0 Å². The zero-order chi connectivity index (χ0) is 11.9. The summed E-state index contributed by atoms with van der Waals surface area (Å²) < 4.78 is 29.0. The summed E-state index contributed by atoms with van der Waals surface area (Å²) in [7, 11) is -3.56. The van der Waals surface area contributed by atoms with Gasteiger partial charge in [0.1, 0.15) is 5.78 Å². The molecule has 0 rings (SSSR count). The zero-order valence-electron chi connectivity index (χ0n) is 8.78. The molecular formula is C8H15NO5S. The second-order valence-corrected chi connectivity index (χ2v) is 4.82. The number of hydrogen-bond donors (Lipinski definition) is 1. The van der Waals surface area contributed by atoms with E-state index in [1.807, 2.05) is 0 Å². The minimum atomic E-state index is -3.56. The van der Waals surface area contributed by atoms with E-state index in [0.29, 0.717) is 0 Å². The van der Waals surface area contributed by atoms with Crippen molar-refractivity contribution in [3.63, 3.8) is 0 Å². The summed E-state index contributed by atoms with van der Waals surface area (Å²) in [5.41, 5.74) is 0. The molecule has 0 atom stereocenters. The average Bonchev–Trinajstić information content (AvgIpc) is 2.13. The fraction of sp³-hybridized carbons (Fsp3) is 0.750. The highest BCUT2D eigenvalue weighted by atomic mass is 32.2. The maximum absolute atomic E-state index is 11.2. The molecule has 6 nitrogen and oxygen atoms in total. The second-order valence-electron chi connectivity index (χ2n) is 2.90. The Labute approximate surface area is 89.0 Å². The van der Waals surface area contributed by atoms with Gasteiger partial charge in [-0.3, -0.25) is 9.59 Å². The molecule has 0 unspecified atom stereocenters. The molecule has 0 aromatic carbocycles. The quantitative estimate of drug-likeness (QED) is 0.600. The van der Waals surface area contributed by atoms with Crippen LogP contribution in [-0.2, 0) is 24.3 Å². The lowest BCUT2D eigenvalue weighted by molar-refractivity contribution is -0.142. The minimum absolute atomic E-state index is 0.207. The molecule has 0 bridgehead atoms. The van der Waals surface area contributed by atoms with Gasteiger partial charge >= 0.3 is 5.97 Å². The molecule has 0 radical (unpaired) electrons. The third kappa shape index (κ3) is 8.07. The summed E-state index contributed by atoms with van der Waals surface area (Å²) >= 11 is 0. The van der Waals surface area contributed by atoms with Gasteiger partial charge in [0.25, 0.3) is 0 Å². The molecule has 88 valence electrons. The molecule has 7 heteroatoms. The van der Waals surface area contributed by atoms with E-state index < -0.39 is 16.0 Å². The van der Waals surface area contributed by atoms with E-state index >= 15 is 0 Å². The Morgan fingerprint density at radius 1 is 1.33 bits per heavy atom. The number of nitrogens with one attached hydrogen (secondary N) is 1. The van der Waals surface area contributed by atoms with Gasteiger partial charge in [0, 0.05) is 0 Å². The molecule has 0 spiro atoms. The average molecular weight is 237 g/mol. The second kappa shape index (κ2) is 6.52. The van der Waals surface area contributed by atoms with E-state index in [9.17, 15) is 18.0 Å². The molecule has 0 aliphatic rings. The molecule has 15 heavy (non-hydrogen) atoms. The lowest BCUT2D eigenvalue weighted by Crippen LogP contribution is -2.31. The Morgan fingerprint density at radius 2 is 1.93 bits per heavy atom. The number of ether oxygens (including phenoxy) is 1. The number of ketones is 1. The smallest absolute Gasteiger partial charge is 0.306 e. The SMILES string of the molecule is CCOC(=O)CCS(=O)(=O)NCC(C)=O. The Balaban J connectivity index is 3.94. The fourth-order valence-electron chi connectivity index (χ4n) is 0.735. The van der Waals surface area contributed by atoms with Crippen molar-refractivity contribution in [2.75, 3.05) is 18.9 Å². The number of hydrogen-bond acceptors (Lipinski definition) is 5. The molecule has 0 aromatic rings. The van der Waals surface area contributed by atoms with Crippen LogP contribution in [-0.4, -0.2) is 39.1 Å². The Morgan fingerprint density at radius 3 is 2.40 bits per heavy atom. The standard InChI is InChI=1S/C8H15NO5S/c1-3-14-8(11)4-5-15(12,13)9-6-7(2)10/h9H,3-6H2,1-2H3. The lowest BCUT2D eigenvalue weighted by atomic mass is 10.5. The normalized spacial score (nSPS) is 11.1. The molecule has 0 aliphatic heterocycles. The monoisotopic (exact) mass is 237 g/mol. The van der Waals surface area contributed by atoms with Gasteiger partial charge in [-0.15, -0.1) is 0 Å². The molecule has 0 aromatic heterocycles.